The molecule has 0 unspecified atom stereocenters. The zero-order valence-electron chi connectivity index (χ0n) is 13.1. The maximum Gasteiger partial charge on any atom is 0.291 e. The molecule has 0 aliphatic rings. The van der Waals surface area contributed by atoms with Gasteiger partial charge in [-0.2, -0.15) is 10.2 Å². The number of ether oxygens (including phenoxy) is 1. The Kier molecular flexibility index (Phi) is 3.12. The molecule has 24 heavy (non-hydrogen) atoms. The highest BCUT2D eigenvalue weighted by Gasteiger charge is 2.17. The van der Waals surface area contributed by atoms with Gasteiger partial charge in [0.25, 0.3) is 5.56 Å². The summed E-state index contributed by atoms with van der Waals surface area (Å²) in [6.07, 6.45) is 3.27. The molecule has 0 radical (unpaired) electrons. The summed E-state index contributed by atoms with van der Waals surface area (Å²) in [7, 11) is 3.17. The van der Waals surface area contributed by atoms with E-state index in [1.807, 2.05) is 0 Å². The number of fused-ring (bicyclic) bond motifs is 3. The van der Waals surface area contributed by atoms with E-state index in [1.165, 1.54) is 17.9 Å². The number of aryl methyl sites for hydroxylation is 1. The van der Waals surface area contributed by atoms with Crippen molar-refractivity contribution >= 4 is 21.8 Å². The van der Waals surface area contributed by atoms with Crippen LogP contribution in [0, 0.1) is 5.82 Å². The maximum absolute atomic E-state index is 14.0. The van der Waals surface area contributed by atoms with Gasteiger partial charge in [0.2, 0.25) is 0 Å². The number of rotatable bonds is 3. The molecule has 0 saturated heterocycles. The number of halogens is 1. The standard InChI is InChI=1S/C16H14FN5O2/c1-21-13-6-14(24-2)12(17)5-10(13)11-7-19-22(16(23)15(11)21)8-9-3-4-18-20-9/h3-7H,8H2,1-2H3,(H,18,20). The number of nitrogens with zero attached hydrogens (tertiary/aromatic N) is 4. The van der Waals surface area contributed by atoms with Crippen LogP contribution in [0.1, 0.15) is 5.69 Å². The predicted octanol–water partition coefficient (Wildman–Crippen LogP) is 1.81. The third kappa shape index (κ3) is 1.99. The van der Waals surface area contributed by atoms with Crippen molar-refractivity contribution in [2.24, 2.45) is 7.05 Å². The van der Waals surface area contributed by atoms with Crippen molar-refractivity contribution in [3.63, 3.8) is 0 Å². The minimum Gasteiger partial charge on any atom is -0.494 e. The van der Waals surface area contributed by atoms with Crippen molar-refractivity contribution in [2.45, 2.75) is 6.54 Å². The average Bonchev–Trinajstić information content (AvgIpc) is 3.17. The summed E-state index contributed by atoms with van der Waals surface area (Å²) in [5.41, 5.74) is 1.62. The molecule has 3 aromatic heterocycles. The number of aromatic amines is 1. The van der Waals surface area contributed by atoms with Crippen LogP contribution in [0.5, 0.6) is 5.75 Å². The largest absolute Gasteiger partial charge is 0.494 e. The van der Waals surface area contributed by atoms with E-state index in [4.69, 9.17) is 4.74 Å². The van der Waals surface area contributed by atoms with Gasteiger partial charge < -0.3 is 9.30 Å². The summed E-state index contributed by atoms with van der Waals surface area (Å²) in [5.74, 6) is -0.337. The second-order valence-corrected chi connectivity index (χ2v) is 5.50. The van der Waals surface area contributed by atoms with Crippen LogP contribution in [0.25, 0.3) is 21.8 Å². The van der Waals surface area contributed by atoms with Crippen molar-refractivity contribution in [1.29, 1.82) is 0 Å². The number of hydrogen-bond acceptors (Lipinski definition) is 4. The van der Waals surface area contributed by atoms with Gasteiger partial charge in [-0.3, -0.25) is 9.89 Å². The lowest BCUT2D eigenvalue weighted by atomic mass is 10.2. The molecule has 0 aliphatic heterocycles. The van der Waals surface area contributed by atoms with Gasteiger partial charge in [-0.25, -0.2) is 9.07 Å². The molecule has 4 rings (SSSR count). The molecule has 0 fully saturated rings. The Morgan fingerprint density at radius 3 is 2.88 bits per heavy atom. The van der Waals surface area contributed by atoms with Crippen molar-refractivity contribution in [2.75, 3.05) is 7.11 Å². The summed E-state index contributed by atoms with van der Waals surface area (Å²) < 4.78 is 22.1. The Bertz CT molecular complexity index is 1110. The van der Waals surface area contributed by atoms with Gasteiger partial charge in [0, 0.05) is 30.1 Å². The van der Waals surface area contributed by atoms with Gasteiger partial charge in [0.1, 0.15) is 5.52 Å². The van der Waals surface area contributed by atoms with E-state index in [9.17, 15) is 9.18 Å². The molecule has 1 N–H and O–H groups in total. The van der Waals surface area contributed by atoms with Gasteiger partial charge in [-0.05, 0) is 12.1 Å². The number of hydrogen-bond donors (Lipinski definition) is 1. The van der Waals surface area contributed by atoms with Crippen molar-refractivity contribution < 1.29 is 9.13 Å². The normalized spacial score (nSPS) is 11.5. The first kappa shape index (κ1) is 14.4. The third-order valence-electron chi connectivity index (χ3n) is 4.15. The summed E-state index contributed by atoms with van der Waals surface area (Å²) in [4.78, 5) is 12.8. The van der Waals surface area contributed by atoms with Gasteiger partial charge >= 0.3 is 0 Å². The SMILES string of the molecule is COc1cc2c(cc1F)c1cnn(Cc3cc[nH]n3)c(=O)c1n2C. The van der Waals surface area contributed by atoms with Crippen LogP contribution < -0.4 is 10.3 Å². The highest BCUT2D eigenvalue weighted by Crippen LogP contribution is 2.30. The fourth-order valence-electron chi connectivity index (χ4n) is 2.96. The topological polar surface area (TPSA) is 77.7 Å². The number of H-pyrrole nitrogens is 1. The number of nitrogens with one attached hydrogen (secondary N) is 1. The number of benzene rings is 1. The van der Waals surface area contributed by atoms with Crippen LogP contribution in [-0.2, 0) is 13.6 Å². The summed E-state index contributed by atoms with van der Waals surface area (Å²) >= 11 is 0. The minimum atomic E-state index is -0.474. The first-order chi connectivity index (χ1) is 11.6. The highest BCUT2D eigenvalue weighted by molar-refractivity contribution is 6.07. The molecule has 0 aliphatic carbocycles. The molecule has 7 nitrogen and oxygen atoms in total. The minimum absolute atomic E-state index is 0.137. The Labute approximate surface area is 135 Å². The number of methoxy groups -OCH3 is 1. The predicted molar refractivity (Wildman–Crippen MR) is 86.7 cm³/mol. The first-order valence-corrected chi connectivity index (χ1v) is 7.30. The van der Waals surface area contributed by atoms with E-state index in [1.54, 1.807) is 36.1 Å². The molecular formula is C16H14FN5O2. The fraction of sp³-hybridized carbons (Fsp3) is 0.188. The summed E-state index contributed by atoms with van der Waals surface area (Å²) in [5, 5.41) is 12.2. The van der Waals surface area contributed by atoms with E-state index in [0.29, 0.717) is 27.5 Å². The molecule has 8 heteroatoms. The molecule has 0 spiro atoms. The van der Waals surface area contributed by atoms with E-state index in [0.717, 1.165) is 0 Å². The summed E-state index contributed by atoms with van der Waals surface area (Å²) in [6, 6.07) is 4.73. The fourth-order valence-corrected chi connectivity index (χ4v) is 2.96. The van der Waals surface area contributed by atoms with Gasteiger partial charge in [-0.1, -0.05) is 0 Å². The lowest BCUT2D eigenvalue weighted by Gasteiger charge is -2.03. The van der Waals surface area contributed by atoms with Crippen LogP contribution in [0.15, 0.2) is 35.4 Å². The van der Waals surface area contributed by atoms with Crippen molar-refractivity contribution in [1.82, 2.24) is 24.5 Å². The van der Waals surface area contributed by atoms with Crippen molar-refractivity contribution in [3.05, 3.63) is 52.5 Å². The lowest BCUT2D eigenvalue weighted by Crippen LogP contribution is -2.24. The second-order valence-electron chi connectivity index (χ2n) is 5.50. The lowest BCUT2D eigenvalue weighted by molar-refractivity contribution is 0.387. The molecule has 4 aromatic rings. The smallest absolute Gasteiger partial charge is 0.291 e. The number of aromatic nitrogens is 5. The molecule has 122 valence electrons. The molecular weight excluding hydrogens is 313 g/mol. The first-order valence-electron chi connectivity index (χ1n) is 7.30. The van der Waals surface area contributed by atoms with Gasteiger partial charge in [0.15, 0.2) is 11.6 Å². The third-order valence-corrected chi connectivity index (χ3v) is 4.15. The summed E-state index contributed by atoms with van der Waals surface area (Å²) in [6.45, 7) is 0.261. The monoisotopic (exact) mass is 327 g/mol. The average molecular weight is 327 g/mol. The van der Waals surface area contributed by atoms with E-state index >= 15 is 0 Å². The molecule has 3 heterocycles. The Morgan fingerprint density at radius 2 is 2.17 bits per heavy atom. The Balaban J connectivity index is 2.00. The molecule has 0 amide bonds. The van der Waals surface area contributed by atoms with E-state index in [-0.39, 0.29) is 17.9 Å². The molecule has 1 aromatic carbocycles. The van der Waals surface area contributed by atoms with Gasteiger partial charge in [-0.15, -0.1) is 0 Å². The Hall–Kier alpha value is -3.16. The van der Waals surface area contributed by atoms with Crippen molar-refractivity contribution in [3.8, 4) is 5.75 Å². The quantitative estimate of drug-likeness (QED) is 0.622. The van der Waals surface area contributed by atoms with Crippen LogP contribution in [-0.4, -0.2) is 31.7 Å². The Morgan fingerprint density at radius 1 is 1.33 bits per heavy atom. The highest BCUT2D eigenvalue weighted by atomic mass is 19.1. The van der Waals surface area contributed by atoms with E-state index in [2.05, 4.69) is 15.3 Å². The zero-order chi connectivity index (χ0) is 16.8. The zero-order valence-corrected chi connectivity index (χ0v) is 13.1. The van der Waals surface area contributed by atoms with Crippen LogP contribution in [0.2, 0.25) is 0 Å². The van der Waals surface area contributed by atoms with Crippen LogP contribution in [0.3, 0.4) is 0 Å². The van der Waals surface area contributed by atoms with Gasteiger partial charge in [0.05, 0.1) is 31.1 Å². The molecule has 0 saturated carbocycles. The van der Waals surface area contributed by atoms with Crippen LogP contribution in [0.4, 0.5) is 4.39 Å². The maximum atomic E-state index is 14.0. The molecule has 0 atom stereocenters. The van der Waals surface area contributed by atoms with Crippen LogP contribution >= 0.6 is 0 Å². The molecule has 0 bridgehead atoms. The van der Waals surface area contributed by atoms with E-state index < -0.39 is 5.82 Å². The second kappa shape index (κ2) is 5.19.